The van der Waals surface area contributed by atoms with Crippen LogP contribution in [0, 0.1) is 5.92 Å². The van der Waals surface area contributed by atoms with E-state index in [1.165, 1.54) is 0 Å². The quantitative estimate of drug-likeness (QED) is 0.709. The number of hydrogen-bond donors (Lipinski definition) is 2. The third kappa shape index (κ3) is 10.9. The molecule has 27 heavy (non-hydrogen) atoms. The molecule has 0 aliphatic heterocycles. The van der Waals surface area contributed by atoms with Crippen LogP contribution >= 0.6 is 0 Å². The maximum atomic E-state index is 11.1. The van der Waals surface area contributed by atoms with Crippen molar-refractivity contribution < 1.29 is 19.2 Å². The van der Waals surface area contributed by atoms with Crippen LogP contribution in [0.3, 0.4) is 0 Å². The van der Waals surface area contributed by atoms with Crippen LogP contribution in [-0.2, 0) is 25.7 Å². The van der Waals surface area contributed by atoms with E-state index in [4.69, 9.17) is 0 Å². The number of carbonyl (C=O) groups excluding carboxylic acids is 4. The highest BCUT2D eigenvalue weighted by molar-refractivity contribution is 6.37. The molecule has 0 radical (unpaired) electrons. The Balaban J connectivity index is 0.000000469. The number of amides is 2. The Hall–Kier alpha value is -2.57. The first kappa shape index (κ1) is 24.4. The lowest BCUT2D eigenvalue weighted by Crippen LogP contribution is -2.35. The second kappa shape index (κ2) is 13.6. The average molecular weight is 377 g/mol. The van der Waals surface area contributed by atoms with Crippen LogP contribution in [0.1, 0.15) is 59.6 Å². The van der Waals surface area contributed by atoms with Crippen LogP contribution in [0.25, 0.3) is 0 Å². The summed E-state index contributed by atoms with van der Waals surface area (Å²) in [4.78, 5) is 47.9. The van der Waals surface area contributed by atoms with Gasteiger partial charge >= 0.3 is 0 Å². The molecule has 1 aromatic rings. The smallest absolute Gasteiger partial charge is 0.287 e. The zero-order valence-electron chi connectivity index (χ0n) is 16.9. The second-order valence-corrected chi connectivity index (χ2v) is 6.05. The monoisotopic (exact) mass is 377 g/mol. The van der Waals surface area contributed by atoms with Crippen LogP contribution in [0.2, 0.25) is 0 Å². The van der Waals surface area contributed by atoms with E-state index in [1.807, 2.05) is 19.9 Å². The van der Waals surface area contributed by atoms with Crippen molar-refractivity contribution in [3.8, 4) is 0 Å². The Kier molecular flexibility index (Phi) is 12.3. The van der Waals surface area contributed by atoms with Gasteiger partial charge in [-0.05, 0) is 25.0 Å². The number of rotatable bonds is 7. The fraction of sp³-hybridized carbons (Fsp3) is 0.550. The maximum absolute atomic E-state index is 11.1. The van der Waals surface area contributed by atoms with E-state index in [0.717, 1.165) is 18.5 Å². The Bertz CT molecular complexity index is 611. The number of carbonyl (C=O) groups is 4. The minimum absolute atomic E-state index is 0.186. The van der Waals surface area contributed by atoms with Crippen LogP contribution in [0.15, 0.2) is 24.4 Å². The normalized spacial score (nSPS) is 11.9. The van der Waals surface area contributed by atoms with E-state index in [1.54, 1.807) is 39.1 Å². The van der Waals surface area contributed by atoms with Gasteiger partial charge in [0.05, 0.1) is 12.2 Å². The summed E-state index contributed by atoms with van der Waals surface area (Å²) < 4.78 is 0. The summed E-state index contributed by atoms with van der Waals surface area (Å²) in [5.74, 6) is -1.85. The van der Waals surface area contributed by atoms with Gasteiger partial charge in [-0.2, -0.15) is 0 Å². The lowest BCUT2D eigenvalue weighted by Gasteiger charge is -2.03. The van der Waals surface area contributed by atoms with Gasteiger partial charge in [-0.25, -0.2) is 0 Å². The molecule has 2 N–H and O–H groups in total. The summed E-state index contributed by atoms with van der Waals surface area (Å²) in [5, 5.41) is 5.15. The van der Waals surface area contributed by atoms with Gasteiger partial charge in [0.2, 0.25) is 11.6 Å². The maximum Gasteiger partial charge on any atom is 0.287 e. The molecular weight excluding hydrogens is 346 g/mol. The summed E-state index contributed by atoms with van der Waals surface area (Å²) in [6.07, 6.45) is 3.92. The van der Waals surface area contributed by atoms with E-state index in [2.05, 4.69) is 15.6 Å². The molecule has 150 valence electrons. The van der Waals surface area contributed by atoms with Crippen molar-refractivity contribution in [2.24, 2.45) is 5.92 Å². The Labute approximate surface area is 161 Å². The van der Waals surface area contributed by atoms with Crippen molar-refractivity contribution >= 4 is 23.4 Å². The van der Waals surface area contributed by atoms with E-state index in [9.17, 15) is 19.2 Å². The van der Waals surface area contributed by atoms with Crippen LogP contribution in [-0.4, -0.2) is 34.4 Å². The molecule has 1 saturated carbocycles. The van der Waals surface area contributed by atoms with Crippen LogP contribution in [0.5, 0.6) is 0 Å². The zero-order valence-corrected chi connectivity index (χ0v) is 16.9. The number of pyridine rings is 1. The van der Waals surface area contributed by atoms with Crippen molar-refractivity contribution in [3.05, 3.63) is 30.1 Å². The van der Waals surface area contributed by atoms with Gasteiger partial charge < -0.3 is 10.6 Å². The molecule has 0 atom stereocenters. The fourth-order valence-electron chi connectivity index (χ4n) is 1.68. The van der Waals surface area contributed by atoms with Gasteiger partial charge in [-0.15, -0.1) is 0 Å². The molecule has 1 aliphatic rings. The van der Waals surface area contributed by atoms with E-state index < -0.39 is 17.6 Å². The standard InChI is InChI=1S/C10H12N2O2.C8H13NO2.C2H6/c1-2-9(13)10(14)12-7-8-5-3-4-6-11-8;1-5(2)7(10)8(11)9-6-3-4-6;1-2/h3-6H,2,7H2,1H3,(H,12,14);5-6H,3-4H2,1-2H3,(H,9,11);1-2H3. The van der Waals surface area contributed by atoms with Crippen molar-refractivity contribution in [1.29, 1.82) is 0 Å². The molecule has 1 aliphatic carbocycles. The Morgan fingerprint density at radius 3 is 2.19 bits per heavy atom. The van der Waals surface area contributed by atoms with Gasteiger partial charge in [-0.3, -0.25) is 24.2 Å². The number of ketones is 2. The molecule has 0 bridgehead atoms. The lowest BCUT2D eigenvalue weighted by atomic mass is 10.1. The molecule has 7 heteroatoms. The van der Waals surface area contributed by atoms with Crippen molar-refractivity contribution in [3.63, 3.8) is 0 Å². The fourth-order valence-corrected chi connectivity index (χ4v) is 1.68. The predicted octanol–water partition coefficient (Wildman–Crippen LogP) is 2.19. The third-order valence-electron chi connectivity index (χ3n) is 3.39. The molecule has 1 aromatic heterocycles. The molecule has 0 unspecified atom stereocenters. The first-order valence-electron chi connectivity index (χ1n) is 9.40. The number of nitrogens with one attached hydrogen (secondary N) is 2. The summed E-state index contributed by atoms with van der Waals surface area (Å²) in [5.41, 5.74) is 0.741. The van der Waals surface area contributed by atoms with Gasteiger partial charge in [0, 0.05) is 24.6 Å². The first-order chi connectivity index (χ1) is 12.8. The van der Waals surface area contributed by atoms with Crippen molar-refractivity contribution in [2.75, 3.05) is 0 Å². The van der Waals surface area contributed by atoms with Crippen molar-refractivity contribution in [1.82, 2.24) is 15.6 Å². The molecule has 2 amide bonds. The van der Waals surface area contributed by atoms with Gasteiger partial charge in [0.25, 0.3) is 11.8 Å². The van der Waals surface area contributed by atoms with E-state index >= 15 is 0 Å². The zero-order chi connectivity index (χ0) is 20.8. The molecule has 0 aromatic carbocycles. The summed E-state index contributed by atoms with van der Waals surface area (Å²) in [6, 6.07) is 5.69. The molecule has 1 fully saturated rings. The first-order valence-corrected chi connectivity index (χ1v) is 9.40. The summed E-state index contributed by atoms with van der Waals surface area (Å²) in [7, 11) is 0. The molecular formula is C20H31N3O4. The van der Waals surface area contributed by atoms with Crippen LogP contribution < -0.4 is 10.6 Å². The Morgan fingerprint density at radius 1 is 1.11 bits per heavy atom. The molecule has 7 nitrogen and oxygen atoms in total. The summed E-state index contributed by atoms with van der Waals surface area (Å²) >= 11 is 0. The largest absolute Gasteiger partial charge is 0.347 e. The van der Waals surface area contributed by atoms with Gasteiger partial charge in [-0.1, -0.05) is 40.7 Å². The van der Waals surface area contributed by atoms with E-state index in [0.29, 0.717) is 6.54 Å². The number of hydrogen-bond acceptors (Lipinski definition) is 5. The highest BCUT2D eigenvalue weighted by Gasteiger charge is 2.27. The molecule has 0 saturated heterocycles. The topological polar surface area (TPSA) is 105 Å². The molecule has 0 spiro atoms. The molecule has 1 heterocycles. The highest BCUT2D eigenvalue weighted by atomic mass is 16.2. The van der Waals surface area contributed by atoms with Crippen molar-refractivity contribution in [2.45, 2.75) is 66.5 Å². The SMILES string of the molecule is CC.CC(C)C(=O)C(=O)NC1CC1.CCC(=O)C(=O)NCc1ccccn1. The average Bonchev–Trinajstić information content (AvgIpc) is 3.51. The second-order valence-electron chi connectivity index (χ2n) is 6.05. The molecule has 2 rings (SSSR count). The number of nitrogens with zero attached hydrogens (tertiary/aromatic N) is 1. The minimum atomic E-state index is -0.543. The lowest BCUT2D eigenvalue weighted by molar-refractivity contribution is -0.139. The number of Topliss-reactive ketones (excluding diaryl/α,β-unsaturated/α-hetero) is 2. The highest BCUT2D eigenvalue weighted by Crippen LogP contribution is 2.18. The predicted molar refractivity (Wildman–Crippen MR) is 104 cm³/mol. The number of aromatic nitrogens is 1. The van der Waals surface area contributed by atoms with Crippen LogP contribution in [0.4, 0.5) is 0 Å². The third-order valence-corrected chi connectivity index (χ3v) is 3.39. The van der Waals surface area contributed by atoms with E-state index in [-0.39, 0.29) is 24.2 Å². The summed E-state index contributed by atoms with van der Waals surface area (Å²) in [6.45, 7) is 9.41. The minimum Gasteiger partial charge on any atom is -0.347 e. The van der Waals surface area contributed by atoms with Gasteiger partial charge in [0.15, 0.2) is 0 Å². The Morgan fingerprint density at radius 2 is 1.74 bits per heavy atom. The van der Waals surface area contributed by atoms with Gasteiger partial charge in [0.1, 0.15) is 0 Å².